The van der Waals surface area contributed by atoms with Gasteiger partial charge in [0.1, 0.15) is 0 Å². The van der Waals surface area contributed by atoms with Crippen molar-refractivity contribution >= 4 is 17.4 Å². The lowest BCUT2D eigenvalue weighted by Gasteiger charge is -2.08. The third kappa shape index (κ3) is 3.00. The van der Waals surface area contributed by atoms with Crippen LogP contribution in [0.4, 0.5) is 16.2 Å². The molecule has 0 spiro atoms. The first-order valence-corrected chi connectivity index (χ1v) is 5.52. The number of urea groups is 1. The van der Waals surface area contributed by atoms with Gasteiger partial charge in [-0.25, -0.2) is 4.79 Å². The molecule has 0 bridgehead atoms. The van der Waals surface area contributed by atoms with E-state index in [1.54, 1.807) is 18.3 Å². The zero-order valence-electron chi connectivity index (χ0n) is 10.1. The van der Waals surface area contributed by atoms with Crippen molar-refractivity contribution in [2.24, 2.45) is 12.8 Å². The van der Waals surface area contributed by atoms with Crippen molar-refractivity contribution in [2.45, 2.75) is 6.54 Å². The Bertz CT molecular complexity index is 532. The van der Waals surface area contributed by atoms with E-state index in [2.05, 4.69) is 15.7 Å². The van der Waals surface area contributed by atoms with Crippen molar-refractivity contribution in [2.75, 3.05) is 10.6 Å². The summed E-state index contributed by atoms with van der Waals surface area (Å²) >= 11 is 0. The van der Waals surface area contributed by atoms with Gasteiger partial charge >= 0.3 is 6.03 Å². The highest BCUT2D eigenvalue weighted by Crippen LogP contribution is 2.14. The maximum absolute atomic E-state index is 10.7. The van der Waals surface area contributed by atoms with Crippen LogP contribution in [-0.4, -0.2) is 15.8 Å². The molecule has 0 unspecified atom stereocenters. The molecule has 0 radical (unpaired) electrons. The van der Waals surface area contributed by atoms with Gasteiger partial charge in [0, 0.05) is 24.6 Å². The van der Waals surface area contributed by atoms with Crippen LogP contribution in [0.3, 0.4) is 0 Å². The molecule has 0 atom stereocenters. The van der Waals surface area contributed by atoms with Gasteiger partial charge in [0.25, 0.3) is 0 Å². The largest absolute Gasteiger partial charge is 0.379 e. The van der Waals surface area contributed by atoms with Gasteiger partial charge in [-0.2, -0.15) is 5.10 Å². The van der Waals surface area contributed by atoms with Crippen LogP contribution in [0.15, 0.2) is 36.5 Å². The highest BCUT2D eigenvalue weighted by molar-refractivity contribution is 5.87. The third-order valence-electron chi connectivity index (χ3n) is 2.55. The van der Waals surface area contributed by atoms with Crippen LogP contribution >= 0.6 is 0 Å². The van der Waals surface area contributed by atoms with Crippen molar-refractivity contribution in [3.63, 3.8) is 0 Å². The van der Waals surface area contributed by atoms with Crippen molar-refractivity contribution < 1.29 is 4.79 Å². The van der Waals surface area contributed by atoms with Crippen molar-refractivity contribution in [1.29, 1.82) is 0 Å². The molecule has 0 saturated carbocycles. The van der Waals surface area contributed by atoms with Crippen LogP contribution in [0, 0.1) is 0 Å². The second-order valence-electron chi connectivity index (χ2n) is 3.87. The summed E-state index contributed by atoms with van der Waals surface area (Å²) in [6.07, 6.45) is 1.76. The Hall–Kier alpha value is -2.50. The second-order valence-corrected chi connectivity index (χ2v) is 3.87. The van der Waals surface area contributed by atoms with Crippen molar-refractivity contribution in [3.05, 3.63) is 42.2 Å². The molecule has 4 N–H and O–H groups in total. The average molecular weight is 245 g/mol. The molecule has 18 heavy (non-hydrogen) atoms. The fourth-order valence-corrected chi connectivity index (χ4v) is 1.58. The first-order valence-electron chi connectivity index (χ1n) is 5.52. The Labute approximate surface area is 105 Å². The summed E-state index contributed by atoms with van der Waals surface area (Å²) < 4.78 is 1.82. The fraction of sp³-hybridized carbons (Fsp3) is 0.167. The van der Waals surface area contributed by atoms with Crippen LogP contribution in [0.2, 0.25) is 0 Å². The van der Waals surface area contributed by atoms with Gasteiger partial charge in [-0.05, 0) is 30.3 Å². The van der Waals surface area contributed by atoms with Crippen LogP contribution in [-0.2, 0) is 13.6 Å². The van der Waals surface area contributed by atoms with E-state index in [1.807, 2.05) is 29.9 Å². The summed E-state index contributed by atoms with van der Waals surface area (Å²) in [6, 6.07) is 8.72. The molecule has 6 nitrogen and oxygen atoms in total. The number of anilines is 2. The van der Waals surface area contributed by atoms with E-state index >= 15 is 0 Å². The molecule has 0 aliphatic heterocycles. The molecule has 94 valence electrons. The Morgan fingerprint density at radius 1 is 1.28 bits per heavy atom. The minimum absolute atomic E-state index is 0.564. The highest BCUT2D eigenvalue weighted by Gasteiger charge is 1.99. The molecular weight excluding hydrogens is 230 g/mol. The fourth-order valence-electron chi connectivity index (χ4n) is 1.58. The number of primary amides is 1. The Morgan fingerprint density at radius 3 is 2.50 bits per heavy atom. The summed E-state index contributed by atoms with van der Waals surface area (Å²) in [5, 5.41) is 9.86. The molecule has 0 aliphatic carbocycles. The zero-order chi connectivity index (χ0) is 13.0. The number of carbonyl (C=O) groups is 1. The molecule has 1 aromatic heterocycles. The molecule has 0 saturated heterocycles. The number of carbonyl (C=O) groups excluding carboxylic acids is 1. The minimum Gasteiger partial charge on any atom is -0.379 e. The molecule has 0 aliphatic rings. The Balaban J connectivity index is 1.94. The number of nitrogens with one attached hydrogen (secondary N) is 2. The van der Waals surface area contributed by atoms with Crippen molar-refractivity contribution in [1.82, 2.24) is 9.78 Å². The quantitative estimate of drug-likeness (QED) is 0.763. The van der Waals surface area contributed by atoms with E-state index in [4.69, 9.17) is 5.73 Å². The predicted octanol–water partition coefficient (Wildman–Crippen LogP) is 1.52. The SMILES string of the molecule is Cn1nccc1CNc1ccc(NC(N)=O)cc1. The van der Waals surface area contributed by atoms with Crippen LogP contribution in [0.25, 0.3) is 0 Å². The predicted molar refractivity (Wildman–Crippen MR) is 70.2 cm³/mol. The lowest BCUT2D eigenvalue weighted by molar-refractivity contribution is 0.259. The number of hydrogen-bond donors (Lipinski definition) is 3. The Kier molecular flexibility index (Phi) is 3.47. The number of rotatable bonds is 4. The summed E-state index contributed by atoms with van der Waals surface area (Å²) in [7, 11) is 1.90. The highest BCUT2D eigenvalue weighted by atomic mass is 16.2. The number of benzene rings is 1. The second kappa shape index (κ2) is 5.22. The number of amides is 2. The summed E-state index contributed by atoms with van der Waals surface area (Å²) in [4.78, 5) is 10.7. The van der Waals surface area contributed by atoms with Gasteiger partial charge < -0.3 is 16.4 Å². The number of aryl methyl sites for hydroxylation is 1. The smallest absolute Gasteiger partial charge is 0.316 e. The number of hydrogen-bond acceptors (Lipinski definition) is 3. The lowest BCUT2D eigenvalue weighted by Crippen LogP contribution is -2.19. The van der Waals surface area contributed by atoms with Gasteiger partial charge in [-0.1, -0.05) is 0 Å². The lowest BCUT2D eigenvalue weighted by atomic mass is 10.2. The topological polar surface area (TPSA) is 85.0 Å². The molecule has 2 amide bonds. The third-order valence-corrected chi connectivity index (χ3v) is 2.55. The zero-order valence-corrected chi connectivity index (χ0v) is 10.1. The standard InChI is InChI=1S/C12H15N5O/c1-17-11(6-7-15-17)8-14-9-2-4-10(5-3-9)16-12(13)18/h2-7,14H,8H2,1H3,(H3,13,16,18). The normalized spacial score (nSPS) is 10.1. The molecule has 2 rings (SSSR count). The number of aromatic nitrogens is 2. The van der Waals surface area contributed by atoms with Gasteiger partial charge in [-0.15, -0.1) is 0 Å². The van der Waals surface area contributed by atoms with Crippen LogP contribution in [0.5, 0.6) is 0 Å². The monoisotopic (exact) mass is 245 g/mol. The van der Waals surface area contributed by atoms with E-state index < -0.39 is 6.03 Å². The van der Waals surface area contributed by atoms with E-state index in [0.717, 1.165) is 11.4 Å². The van der Waals surface area contributed by atoms with E-state index in [-0.39, 0.29) is 0 Å². The number of nitrogens with two attached hydrogens (primary N) is 1. The first-order chi connectivity index (χ1) is 8.65. The van der Waals surface area contributed by atoms with Gasteiger partial charge in [0.15, 0.2) is 0 Å². The van der Waals surface area contributed by atoms with E-state index in [9.17, 15) is 4.79 Å². The minimum atomic E-state index is -0.564. The van der Waals surface area contributed by atoms with Gasteiger partial charge in [-0.3, -0.25) is 4.68 Å². The number of nitrogens with zero attached hydrogens (tertiary/aromatic N) is 2. The molecule has 0 fully saturated rings. The summed E-state index contributed by atoms with van der Waals surface area (Å²) in [6.45, 7) is 0.694. The van der Waals surface area contributed by atoms with Crippen LogP contribution < -0.4 is 16.4 Å². The van der Waals surface area contributed by atoms with E-state index in [1.165, 1.54) is 0 Å². The van der Waals surface area contributed by atoms with Gasteiger partial charge in [0.05, 0.1) is 12.2 Å². The first kappa shape index (κ1) is 12.0. The average Bonchev–Trinajstić information content (AvgIpc) is 2.73. The summed E-state index contributed by atoms with van der Waals surface area (Å²) in [5.74, 6) is 0. The van der Waals surface area contributed by atoms with Crippen LogP contribution in [0.1, 0.15) is 5.69 Å². The molecule has 1 heterocycles. The summed E-state index contributed by atoms with van der Waals surface area (Å²) in [5.41, 5.74) is 7.76. The molecular formula is C12H15N5O. The molecule has 1 aromatic carbocycles. The van der Waals surface area contributed by atoms with E-state index in [0.29, 0.717) is 12.2 Å². The molecule has 2 aromatic rings. The van der Waals surface area contributed by atoms with Gasteiger partial charge in [0.2, 0.25) is 0 Å². The maximum Gasteiger partial charge on any atom is 0.316 e. The Morgan fingerprint density at radius 2 is 1.94 bits per heavy atom. The molecule has 6 heteroatoms. The maximum atomic E-state index is 10.7. The van der Waals surface area contributed by atoms with Crippen molar-refractivity contribution in [3.8, 4) is 0 Å².